The molecule has 0 saturated carbocycles. The Labute approximate surface area is 146 Å². The van der Waals surface area contributed by atoms with E-state index < -0.39 is 0 Å². The number of amides is 1. The molecular formula is C15H16FN5OS2. The zero-order valence-electron chi connectivity index (χ0n) is 13.2. The molecule has 9 heteroatoms. The maximum absolute atomic E-state index is 13.2. The van der Waals surface area contributed by atoms with Gasteiger partial charge in [0, 0.05) is 20.0 Å². The Morgan fingerprint density at radius 2 is 2.25 bits per heavy atom. The lowest BCUT2D eigenvalue weighted by atomic mass is 10.3. The lowest BCUT2D eigenvalue weighted by Crippen LogP contribution is -2.30. The topological polar surface area (TPSA) is 74.8 Å². The highest BCUT2D eigenvalue weighted by molar-refractivity contribution is 8.01. The molecule has 3 rings (SSSR count). The van der Waals surface area contributed by atoms with Crippen molar-refractivity contribution < 1.29 is 9.18 Å². The molecule has 3 aromatic rings. The molecule has 0 spiro atoms. The van der Waals surface area contributed by atoms with Crippen LogP contribution in [0, 0.1) is 12.7 Å². The van der Waals surface area contributed by atoms with Gasteiger partial charge in [-0.3, -0.25) is 4.79 Å². The number of fused-ring (bicyclic) bond motifs is 1. The predicted octanol–water partition coefficient (Wildman–Crippen LogP) is 2.66. The van der Waals surface area contributed by atoms with Crippen LogP contribution in [0.15, 0.2) is 22.5 Å². The number of benzene rings is 1. The highest BCUT2D eigenvalue weighted by atomic mass is 32.2. The van der Waals surface area contributed by atoms with Gasteiger partial charge in [-0.2, -0.15) is 0 Å². The Balaban J connectivity index is 1.51. The fraction of sp³-hybridized carbons (Fsp3) is 0.333. The van der Waals surface area contributed by atoms with Crippen molar-refractivity contribution in [3.8, 4) is 0 Å². The fourth-order valence-corrected chi connectivity index (χ4v) is 3.88. The summed E-state index contributed by atoms with van der Waals surface area (Å²) in [6.07, 6.45) is 0.584. The number of likely N-dealkylation sites (N-methyl/N-ethyl adjacent to an activating group) is 1. The molecule has 0 radical (unpaired) electrons. The fourth-order valence-electron chi connectivity index (χ4n) is 2.12. The van der Waals surface area contributed by atoms with Gasteiger partial charge in [-0.15, -0.1) is 10.2 Å². The van der Waals surface area contributed by atoms with Crippen LogP contribution >= 0.6 is 23.1 Å². The van der Waals surface area contributed by atoms with E-state index >= 15 is 0 Å². The number of aryl methyl sites for hydroxylation is 1. The van der Waals surface area contributed by atoms with E-state index in [-0.39, 0.29) is 11.7 Å². The average Bonchev–Trinajstić information content (AvgIpc) is 3.15. The van der Waals surface area contributed by atoms with Gasteiger partial charge in [-0.05, 0) is 25.1 Å². The first-order chi connectivity index (χ1) is 11.5. The van der Waals surface area contributed by atoms with Gasteiger partial charge in [0.25, 0.3) is 0 Å². The Morgan fingerprint density at radius 3 is 3.00 bits per heavy atom. The minimum atomic E-state index is -0.297. The molecular weight excluding hydrogens is 349 g/mol. The highest BCUT2D eigenvalue weighted by Gasteiger charge is 2.12. The predicted molar refractivity (Wildman–Crippen MR) is 92.8 cm³/mol. The quantitative estimate of drug-likeness (QED) is 0.680. The van der Waals surface area contributed by atoms with Crippen LogP contribution in [-0.2, 0) is 11.2 Å². The van der Waals surface area contributed by atoms with Crippen molar-refractivity contribution >= 4 is 40.0 Å². The Morgan fingerprint density at radius 1 is 1.42 bits per heavy atom. The first kappa shape index (κ1) is 16.8. The number of carbonyl (C=O) groups excluding carboxylic acids is 1. The van der Waals surface area contributed by atoms with Crippen molar-refractivity contribution in [2.24, 2.45) is 0 Å². The Hall–Kier alpha value is -2.00. The Kier molecular flexibility index (Phi) is 5.10. The molecule has 0 aliphatic heterocycles. The number of rotatable bonds is 6. The van der Waals surface area contributed by atoms with Gasteiger partial charge in [0.15, 0.2) is 4.34 Å². The highest BCUT2D eigenvalue weighted by Crippen LogP contribution is 2.22. The standard InChI is InChI=1S/C15H16FN5OS2/c1-9-19-20-15(24-9)23-8-14(22)21(2)6-5-13-17-11-4-3-10(16)7-12(11)18-13/h3-4,7H,5-6,8H2,1-2H3,(H,17,18). The van der Waals surface area contributed by atoms with E-state index in [0.29, 0.717) is 24.2 Å². The van der Waals surface area contributed by atoms with Crippen LogP contribution in [0.2, 0.25) is 0 Å². The van der Waals surface area contributed by atoms with Crippen LogP contribution in [0.1, 0.15) is 10.8 Å². The van der Waals surface area contributed by atoms with Crippen molar-refractivity contribution in [2.45, 2.75) is 17.7 Å². The summed E-state index contributed by atoms with van der Waals surface area (Å²) >= 11 is 2.87. The van der Waals surface area contributed by atoms with E-state index in [0.717, 1.165) is 20.7 Å². The van der Waals surface area contributed by atoms with Gasteiger partial charge < -0.3 is 9.88 Å². The summed E-state index contributed by atoms with van der Waals surface area (Å²) in [5, 5.41) is 8.80. The van der Waals surface area contributed by atoms with Gasteiger partial charge in [-0.1, -0.05) is 23.1 Å². The lowest BCUT2D eigenvalue weighted by Gasteiger charge is -2.15. The summed E-state index contributed by atoms with van der Waals surface area (Å²) in [6.45, 7) is 2.42. The summed E-state index contributed by atoms with van der Waals surface area (Å²) in [4.78, 5) is 21.3. The second-order valence-corrected chi connectivity index (χ2v) is 7.69. The number of halogens is 1. The van der Waals surface area contributed by atoms with E-state index in [4.69, 9.17) is 0 Å². The molecule has 6 nitrogen and oxygen atoms in total. The number of nitrogens with zero attached hydrogens (tertiary/aromatic N) is 4. The molecule has 0 bridgehead atoms. The minimum absolute atomic E-state index is 0.0232. The number of aromatic amines is 1. The molecule has 0 atom stereocenters. The van der Waals surface area contributed by atoms with Gasteiger partial charge >= 0.3 is 0 Å². The largest absolute Gasteiger partial charge is 0.345 e. The third-order valence-corrected chi connectivity index (χ3v) is 5.39. The third kappa shape index (κ3) is 4.09. The number of hydrogen-bond donors (Lipinski definition) is 1. The average molecular weight is 365 g/mol. The number of imidazole rings is 1. The van der Waals surface area contributed by atoms with Crippen LogP contribution in [-0.4, -0.2) is 50.3 Å². The van der Waals surface area contributed by atoms with E-state index in [2.05, 4.69) is 20.2 Å². The van der Waals surface area contributed by atoms with Gasteiger partial charge in [0.2, 0.25) is 5.91 Å². The van der Waals surface area contributed by atoms with Crippen molar-refractivity contribution in [3.05, 3.63) is 34.8 Å². The van der Waals surface area contributed by atoms with Crippen LogP contribution in [0.3, 0.4) is 0 Å². The molecule has 0 unspecified atom stereocenters. The summed E-state index contributed by atoms with van der Waals surface area (Å²) in [6, 6.07) is 4.44. The van der Waals surface area contributed by atoms with E-state index in [1.165, 1.54) is 35.2 Å². The van der Waals surface area contributed by atoms with Crippen LogP contribution < -0.4 is 0 Å². The molecule has 0 saturated heterocycles. The molecule has 0 aliphatic carbocycles. The SMILES string of the molecule is Cc1nnc(SCC(=O)N(C)CCc2nc3ccc(F)cc3[nH]2)s1. The second-order valence-electron chi connectivity index (χ2n) is 5.29. The first-order valence-corrected chi connectivity index (χ1v) is 9.12. The van der Waals surface area contributed by atoms with E-state index in [1.807, 2.05) is 6.92 Å². The smallest absolute Gasteiger partial charge is 0.232 e. The number of nitrogens with one attached hydrogen (secondary N) is 1. The molecule has 24 heavy (non-hydrogen) atoms. The number of carbonyl (C=O) groups is 1. The monoisotopic (exact) mass is 365 g/mol. The number of aromatic nitrogens is 4. The maximum atomic E-state index is 13.2. The van der Waals surface area contributed by atoms with Crippen molar-refractivity contribution in [3.63, 3.8) is 0 Å². The molecule has 0 aliphatic rings. The van der Waals surface area contributed by atoms with Crippen molar-refractivity contribution in [2.75, 3.05) is 19.3 Å². The zero-order chi connectivity index (χ0) is 17.1. The maximum Gasteiger partial charge on any atom is 0.232 e. The molecule has 1 amide bonds. The third-order valence-electron chi connectivity index (χ3n) is 3.43. The minimum Gasteiger partial charge on any atom is -0.345 e. The number of thioether (sulfide) groups is 1. The van der Waals surface area contributed by atoms with Gasteiger partial charge in [-0.25, -0.2) is 9.37 Å². The van der Waals surface area contributed by atoms with E-state index in [1.54, 1.807) is 18.0 Å². The molecule has 0 fully saturated rings. The first-order valence-electron chi connectivity index (χ1n) is 7.32. The van der Waals surface area contributed by atoms with Crippen molar-refractivity contribution in [1.82, 2.24) is 25.1 Å². The second kappa shape index (κ2) is 7.27. The van der Waals surface area contributed by atoms with Crippen LogP contribution in [0.4, 0.5) is 4.39 Å². The number of H-pyrrole nitrogens is 1. The molecule has 2 aromatic heterocycles. The summed E-state index contributed by atoms with van der Waals surface area (Å²) in [7, 11) is 1.76. The molecule has 126 valence electrons. The van der Waals surface area contributed by atoms with E-state index in [9.17, 15) is 9.18 Å². The number of hydrogen-bond acceptors (Lipinski definition) is 6. The summed E-state index contributed by atoms with van der Waals surface area (Å²) in [5.41, 5.74) is 1.39. The van der Waals surface area contributed by atoms with Crippen LogP contribution in [0.25, 0.3) is 11.0 Å². The van der Waals surface area contributed by atoms with Gasteiger partial charge in [0.05, 0.1) is 16.8 Å². The summed E-state index contributed by atoms with van der Waals surface area (Å²) < 4.78 is 14.0. The van der Waals surface area contributed by atoms with Crippen molar-refractivity contribution in [1.29, 1.82) is 0 Å². The van der Waals surface area contributed by atoms with Gasteiger partial charge in [0.1, 0.15) is 16.6 Å². The molecule has 1 N–H and O–H groups in total. The zero-order valence-corrected chi connectivity index (χ0v) is 14.9. The molecule has 2 heterocycles. The lowest BCUT2D eigenvalue weighted by molar-refractivity contribution is -0.127. The van der Waals surface area contributed by atoms with Crippen LogP contribution in [0.5, 0.6) is 0 Å². The molecule has 1 aromatic carbocycles. The normalized spacial score (nSPS) is 11.1. The summed E-state index contributed by atoms with van der Waals surface area (Å²) in [5.74, 6) is 0.794. The Bertz CT molecular complexity index is 863.